The lowest BCUT2D eigenvalue weighted by Crippen LogP contribution is -1.91. The summed E-state index contributed by atoms with van der Waals surface area (Å²) < 4.78 is 11.1. The molecule has 0 aliphatic rings. The van der Waals surface area contributed by atoms with Crippen molar-refractivity contribution < 1.29 is 9.46 Å². The van der Waals surface area contributed by atoms with E-state index in [2.05, 4.69) is 20.9 Å². The molecular weight excluding hydrogens is 241 g/mol. The van der Waals surface area contributed by atoms with Gasteiger partial charge in [0.25, 0.3) is 0 Å². The monoisotopic (exact) mass is 248 g/mol. The number of hydrogen-bond acceptors (Lipinski definition) is 2. The van der Waals surface area contributed by atoms with Crippen molar-refractivity contribution in [2.75, 3.05) is 6.16 Å². The molecule has 0 aromatic carbocycles. The van der Waals surface area contributed by atoms with Crippen LogP contribution in [0.4, 0.5) is 0 Å². The number of pyridine rings is 1. The Hall–Kier alpha value is -0.310. The molecule has 1 rings (SSSR count). The summed E-state index contributed by atoms with van der Waals surface area (Å²) in [6, 6.07) is 5.52. The Morgan fingerprint density at radius 2 is 2.33 bits per heavy atom. The van der Waals surface area contributed by atoms with Crippen molar-refractivity contribution in [2.45, 2.75) is 6.42 Å². The molecule has 0 spiro atoms. The van der Waals surface area contributed by atoms with Gasteiger partial charge >= 0.3 is 8.03 Å². The largest absolute Gasteiger partial charge is 0.505 e. The van der Waals surface area contributed by atoms with Crippen molar-refractivity contribution in [3.8, 4) is 0 Å². The molecule has 1 heterocycles. The molecule has 64 valence electrons. The van der Waals surface area contributed by atoms with Gasteiger partial charge in [-0.3, -0.25) is 0 Å². The van der Waals surface area contributed by atoms with Gasteiger partial charge in [-0.15, -0.1) is 0 Å². The average Bonchev–Trinajstić information content (AvgIpc) is 2.01. The van der Waals surface area contributed by atoms with E-state index in [0.717, 1.165) is 10.3 Å². The Labute approximate surface area is 79.8 Å². The molecular formula is C7H8BrNO2P+. The molecule has 1 N–H and O–H groups in total. The molecule has 0 aliphatic carbocycles. The second kappa shape index (κ2) is 4.65. The Morgan fingerprint density at radius 3 is 2.92 bits per heavy atom. The molecule has 0 amide bonds. The van der Waals surface area contributed by atoms with E-state index >= 15 is 0 Å². The molecule has 12 heavy (non-hydrogen) atoms. The van der Waals surface area contributed by atoms with E-state index in [4.69, 9.17) is 4.89 Å². The van der Waals surface area contributed by atoms with Gasteiger partial charge in [0.05, 0.1) is 0 Å². The fourth-order valence-corrected chi connectivity index (χ4v) is 1.60. The van der Waals surface area contributed by atoms with Crippen molar-refractivity contribution >= 4 is 24.0 Å². The highest BCUT2D eigenvalue weighted by Gasteiger charge is 2.10. The third-order valence-corrected chi connectivity index (χ3v) is 2.38. The van der Waals surface area contributed by atoms with E-state index in [9.17, 15) is 4.57 Å². The second-order valence-electron chi connectivity index (χ2n) is 2.28. The first-order valence-corrected chi connectivity index (χ1v) is 5.62. The highest BCUT2D eigenvalue weighted by atomic mass is 79.9. The molecule has 5 heteroatoms. The molecule has 1 aromatic rings. The Morgan fingerprint density at radius 1 is 1.58 bits per heavy atom. The maximum Gasteiger partial charge on any atom is 0.505 e. The first-order valence-electron chi connectivity index (χ1n) is 3.43. The number of rotatable bonds is 3. The van der Waals surface area contributed by atoms with Gasteiger partial charge in [-0.2, -0.15) is 4.89 Å². The van der Waals surface area contributed by atoms with Crippen molar-refractivity contribution in [1.29, 1.82) is 0 Å². The van der Waals surface area contributed by atoms with Gasteiger partial charge in [0.2, 0.25) is 0 Å². The topological polar surface area (TPSA) is 50.2 Å². The fourth-order valence-electron chi connectivity index (χ4n) is 0.800. The summed E-state index contributed by atoms with van der Waals surface area (Å²) in [5, 5.41) is 0. The van der Waals surface area contributed by atoms with Crippen LogP contribution in [-0.2, 0) is 11.0 Å². The fraction of sp³-hybridized carbons (Fsp3) is 0.286. The minimum Gasteiger partial charge on any atom is -0.246 e. The van der Waals surface area contributed by atoms with Crippen molar-refractivity contribution in [3.63, 3.8) is 0 Å². The van der Waals surface area contributed by atoms with E-state index in [1.54, 1.807) is 0 Å². The van der Waals surface area contributed by atoms with Gasteiger partial charge in [0, 0.05) is 12.1 Å². The molecule has 0 radical (unpaired) electrons. The highest BCUT2D eigenvalue weighted by molar-refractivity contribution is 9.10. The predicted octanol–water partition coefficient (Wildman–Crippen LogP) is 2.12. The first-order chi connectivity index (χ1) is 5.68. The summed E-state index contributed by atoms with van der Waals surface area (Å²) in [5.41, 5.74) is 0.835. The average molecular weight is 249 g/mol. The summed E-state index contributed by atoms with van der Waals surface area (Å²) in [4.78, 5) is 12.7. The Bertz CT molecular complexity index is 292. The molecule has 1 aromatic heterocycles. The van der Waals surface area contributed by atoms with Crippen LogP contribution in [-0.4, -0.2) is 16.0 Å². The molecule has 0 bridgehead atoms. The van der Waals surface area contributed by atoms with Crippen LogP contribution >= 0.6 is 24.0 Å². The third-order valence-electron chi connectivity index (χ3n) is 1.33. The predicted molar refractivity (Wildman–Crippen MR) is 50.3 cm³/mol. The van der Waals surface area contributed by atoms with Crippen molar-refractivity contribution in [3.05, 3.63) is 28.5 Å². The van der Waals surface area contributed by atoms with E-state index < -0.39 is 8.03 Å². The maximum atomic E-state index is 10.4. The van der Waals surface area contributed by atoms with E-state index in [0.29, 0.717) is 6.42 Å². The SMILES string of the molecule is O=[P+](O)CCc1cccc(Br)n1. The number of aryl methyl sites for hydroxylation is 1. The number of aromatic nitrogens is 1. The number of nitrogens with zero attached hydrogens (tertiary/aromatic N) is 1. The lowest BCUT2D eigenvalue weighted by Gasteiger charge is -1.94. The van der Waals surface area contributed by atoms with Crippen molar-refractivity contribution in [2.24, 2.45) is 0 Å². The standard InChI is InChI=1S/C7H7BrNO2P/c8-7-3-1-2-6(9-7)4-5-12(10)11/h1-3H,4-5H2/p+1. The van der Waals surface area contributed by atoms with E-state index in [1.165, 1.54) is 0 Å². The number of hydrogen-bond donors (Lipinski definition) is 1. The minimum absolute atomic E-state index is 0.277. The molecule has 0 aliphatic heterocycles. The van der Waals surface area contributed by atoms with Gasteiger partial charge < -0.3 is 0 Å². The lowest BCUT2D eigenvalue weighted by molar-refractivity contribution is 0.502. The summed E-state index contributed by atoms with van der Waals surface area (Å²) in [5.74, 6) is 0. The van der Waals surface area contributed by atoms with Crippen LogP contribution in [0.1, 0.15) is 5.69 Å². The van der Waals surface area contributed by atoms with Crippen LogP contribution in [0.15, 0.2) is 22.8 Å². The molecule has 0 saturated heterocycles. The van der Waals surface area contributed by atoms with Gasteiger partial charge in [0.15, 0.2) is 6.16 Å². The van der Waals surface area contributed by atoms with Crippen LogP contribution in [0.3, 0.4) is 0 Å². The Balaban J connectivity index is 2.57. The highest BCUT2D eigenvalue weighted by Crippen LogP contribution is 2.15. The van der Waals surface area contributed by atoms with Gasteiger partial charge in [-0.05, 0) is 32.6 Å². The maximum absolute atomic E-state index is 10.4. The summed E-state index contributed by atoms with van der Waals surface area (Å²) in [6.45, 7) is 0. The van der Waals surface area contributed by atoms with Gasteiger partial charge in [0.1, 0.15) is 4.60 Å². The normalized spacial score (nSPS) is 11.3. The van der Waals surface area contributed by atoms with Crippen molar-refractivity contribution in [1.82, 2.24) is 4.98 Å². The molecule has 1 atom stereocenters. The molecule has 0 fully saturated rings. The molecule has 3 nitrogen and oxygen atoms in total. The third kappa shape index (κ3) is 3.39. The van der Waals surface area contributed by atoms with Crippen LogP contribution in [0.25, 0.3) is 0 Å². The zero-order valence-corrected chi connectivity index (χ0v) is 8.75. The molecule has 0 saturated carbocycles. The van der Waals surface area contributed by atoms with Gasteiger partial charge in [-0.1, -0.05) is 6.07 Å². The Kier molecular flexibility index (Phi) is 3.79. The minimum atomic E-state index is -2.04. The van der Waals surface area contributed by atoms with Gasteiger partial charge in [-0.25, -0.2) is 4.98 Å². The smallest absolute Gasteiger partial charge is 0.246 e. The van der Waals surface area contributed by atoms with Crippen LogP contribution in [0.2, 0.25) is 0 Å². The van der Waals surface area contributed by atoms with Crippen LogP contribution in [0.5, 0.6) is 0 Å². The summed E-state index contributed by atoms with van der Waals surface area (Å²) in [6.07, 6.45) is 0.823. The zero-order chi connectivity index (χ0) is 8.97. The molecule has 1 unspecified atom stereocenters. The lowest BCUT2D eigenvalue weighted by atomic mass is 10.3. The summed E-state index contributed by atoms with van der Waals surface area (Å²) >= 11 is 3.22. The van der Waals surface area contributed by atoms with E-state index in [-0.39, 0.29) is 6.16 Å². The first kappa shape index (κ1) is 9.78. The zero-order valence-electron chi connectivity index (χ0n) is 6.27. The second-order valence-corrected chi connectivity index (χ2v) is 4.24. The van der Waals surface area contributed by atoms with Crippen LogP contribution < -0.4 is 0 Å². The van der Waals surface area contributed by atoms with Crippen LogP contribution in [0, 0.1) is 0 Å². The summed E-state index contributed by atoms with van der Waals surface area (Å²) in [7, 11) is -2.04. The quantitative estimate of drug-likeness (QED) is 0.659. The van der Waals surface area contributed by atoms with E-state index in [1.807, 2.05) is 18.2 Å². The number of halogens is 1.